The normalized spacial score (nSPS) is 10.2. The largest absolute Gasteiger partial charge is 0.499 e. The van der Waals surface area contributed by atoms with Crippen molar-refractivity contribution in [3.05, 3.63) is 10.9 Å². The maximum Gasteiger partial charge on any atom is 0.499 e. The summed E-state index contributed by atoms with van der Waals surface area (Å²) in [6, 6.07) is 1.81. The Bertz CT molecular complexity index is 247. The summed E-state index contributed by atoms with van der Waals surface area (Å²) in [5.41, 5.74) is 0. The lowest BCUT2D eigenvalue weighted by Gasteiger charge is -1.88. The standard InChI is InChI=1S/C6H9BO2S2/c1-4-5(10-2)3-6(11-4)7(8)9/h3,8-9H,1-2H3. The molecule has 1 aromatic rings. The highest BCUT2D eigenvalue weighted by molar-refractivity contribution is 7.98. The van der Waals surface area contributed by atoms with Crippen LogP contribution in [0.25, 0.3) is 0 Å². The predicted molar refractivity (Wildman–Crippen MR) is 50.7 cm³/mol. The van der Waals surface area contributed by atoms with E-state index in [-0.39, 0.29) is 0 Å². The van der Waals surface area contributed by atoms with Gasteiger partial charge in [0, 0.05) is 14.5 Å². The van der Waals surface area contributed by atoms with E-state index in [2.05, 4.69) is 0 Å². The van der Waals surface area contributed by atoms with Crippen LogP contribution in [0.5, 0.6) is 0 Å². The molecule has 0 aliphatic rings. The second kappa shape index (κ2) is 3.62. The SMILES string of the molecule is CSc1cc(B(O)O)sc1C. The van der Waals surface area contributed by atoms with E-state index in [1.807, 2.05) is 19.2 Å². The van der Waals surface area contributed by atoms with Gasteiger partial charge in [-0.3, -0.25) is 0 Å². The molecule has 0 fully saturated rings. The van der Waals surface area contributed by atoms with Crippen LogP contribution in [0.4, 0.5) is 0 Å². The van der Waals surface area contributed by atoms with E-state index in [9.17, 15) is 0 Å². The van der Waals surface area contributed by atoms with Crippen LogP contribution in [0, 0.1) is 6.92 Å². The van der Waals surface area contributed by atoms with Crippen LogP contribution in [-0.2, 0) is 0 Å². The first kappa shape index (κ1) is 9.13. The van der Waals surface area contributed by atoms with Crippen molar-refractivity contribution >= 4 is 35.0 Å². The zero-order valence-corrected chi connectivity index (χ0v) is 8.00. The molecule has 0 amide bonds. The minimum Gasteiger partial charge on any atom is -0.423 e. The van der Waals surface area contributed by atoms with Crippen molar-refractivity contribution in [3.63, 3.8) is 0 Å². The molecule has 2 nitrogen and oxygen atoms in total. The maximum atomic E-state index is 8.81. The molecule has 0 atom stereocenters. The van der Waals surface area contributed by atoms with Crippen molar-refractivity contribution in [2.24, 2.45) is 0 Å². The van der Waals surface area contributed by atoms with E-state index < -0.39 is 7.12 Å². The molecule has 1 heterocycles. The Morgan fingerprint density at radius 1 is 1.55 bits per heavy atom. The van der Waals surface area contributed by atoms with Crippen LogP contribution in [-0.4, -0.2) is 23.4 Å². The van der Waals surface area contributed by atoms with E-state index >= 15 is 0 Å². The molecule has 0 saturated heterocycles. The quantitative estimate of drug-likeness (QED) is 0.523. The Kier molecular flexibility index (Phi) is 3.01. The summed E-state index contributed by atoms with van der Waals surface area (Å²) < 4.78 is 0.617. The van der Waals surface area contributed by atoms with Crippen molar-refractivity contribution in [3.8, 4) is 0 Å². The van der Waals surface area contributed by atoms with Gasteiger partial charge >= 0.3 is 7.12 Å². The van der Waals surface area contributed by atoms with Crippen molar-refractivity contribution in [1.82, 2.24) is 0 Å². The van der Waals surface area contributed by atoms with Gasteiger partial charge < -0.3 is 10.0 Å². The average Bonchev–Trinajstić information content (AvgIpc) is 2.31. The molecule has 11 heavy (non-hydrogen) atoms. The molecule has 1 rings (SSSR count). The number of hydrogen-bond donors (Lipinski definition) is 2. The summed E-state index contributed by atoms with van der Waals surface area (Å²) in [6.45, 7) is 1.97. The molecular formula is C6H9BO2S2. The Balaban J connectivity index is 2.95. The number of thiophene rings is 1. The summed E-state index contributed by atoms with van der Waals surface area (Å²) in [4.78, 5) is 2.26. The third-order valence-corrected chi connectivity index (χ3v) is 3.45. The number of thioether (sulfide) groups is 1. The van der Waals surface area contributed by atoms with Gasteiger partial charge in [0.05, 0.1) is 0 Å². The van der Waals surface area contributed by atoms with Crippen LogP contribution < -0.4 is 4.78 Å². The molecule has 0 unspecified atom stereocenters. The fourth-order valence-electron chi connectivity index (χ4n) is 0.817. The highest BCUT2D eigenvalue weighted by atomic mass is 32.2. The first-order valence-electron chi connectivity index (χ1n) is 3.15. The lowest BCUT2D eigenvalue weighted by molar-refractivity contribution is 0.427. The van der Waals surface area contributed by atoms with E-state index in [0.29, 0.717) is 4.78 Å². The van der Waals surface area contributed by atoms with Crippen molar-refractivity contribution in [2.45, 2.75) is 11.8 Å². The molecule has 1 aromatic heterocycles. The summed E-state index contributed by atoms with van der Waals surface area (Å²) >= 11 is 3.05. The second-order valence-corrected chi connectivity index (χ2v) is 4.28. The Morgan fingerprint density at radius 3 is 2.45 bits per heavy atom. The van der Waals surface area contributed by atoms with Gasteiger partial charge in [-0.15, -0.1) is 23.1 Å². The summed E-state index contributed by atoms with van der Waals surface area (Å²) in [6.07, 6.45) is 1.97. The van der Waals surface area contributed by atoms with E-state index in [1.165, 1.54) is 11.3 Å². The minimum absolute atomic E-state index is 0.617. The van der Waals surface area contributed by atoms with Crippen molar-refractivity contribution in [2.75, 3.05) is 6.26 Å². The molecule has 0 aliphatic carbocycles. The van der Waals surface area contributed by atoms with Crippen LogP contribution in [0.2, 0.25) is 0 Å². The third-order valence-electron chi connectivity index (χ3n) is 1.37. The van der Waals surface area contributed by atoms with Gasteiger partial charge in [-0.05, 0) is 19.2 Å². The number of aryl methyl sites for hydroxylation is 1. The van der Waals surface area contributed by atoms with E-state index in [4.69, 9.17) is 10.0 Å². The smallest absolute Gasteiger partial charge is 0.423 e. The van der Waals surface area contributed by atoms with Crippen LogP contribution in [0.15, 0.2) is 11.0 Å². The molecule has 60 valence electrons. The van der Waals surface area contributed by atoms with Crippen LogP contribution in [0.1, 0.15) is 4.88 Å². The summed E-state index contributed by atoms with van der Waals surface area (Å²) in [5.74, 6) is 0. The average molecular weight is 188 g/mol. The van der Waals surface area contributed by atoms with Gasteiger partial charge in [-0.1, -0.05) is 0 Å². The molecule has 2 N–H and O–H groups in total. The van der Waals surface area contributed by atoms with Gasteiger partial charge in [0.25, 0.3) is 0 Å². The number of rotatable bonds is 2. The zero-order chi connectivity index (χ0) is 8.43. The number of hydrogen-bond acceptors (Lipinski definition) is 4. The summed E-state index contributed by atoms with van der Waals surface area (Å²) in [5, 5.41) is 17.6. The van der Waals surface area contributed by atoms with E-state index in [1.54, 1.807) is 11.8 Å². The topological polar surface area (TPSA) is 40.5 Å². The van der Waals surface area contributed by atoms with Crippen LogP contribution >= 0.6 is 23.1 Å². The zero-order valence-electron chi connectivity index (χ0n) is 6.37. The minimum atomic E-state index is -1.32. The molecule has 0 saturated carbocycles. The maximum absolute atomic E-state index is 8.81. The lowest BCUT2D eigenvalue weighted by Crippen LogP contribution is -2.26. The van der Waals surface area contributed by atoms with Gasteiger partial charge in [0.15, 0.2) is 0 Å². The predicted octanol–water partition coefficient (Wildman–Crippen LogP) is 0.458. The molecule has 0 radical (unpaired) electrons. The Morgan fingerprint density at radius 2 is 2.18 bits per heavy atom. The lowest BCUT2D eigenvalue weighted by atomic mass is 9.90. The van der Waals surface area contributed by atoms with Gasteiger partial charge in [-0.25, -0.2) is 0 Å². The molecule has 0 bridgehead atoms. The van der Waals surface area contributed by atoms with Gasteiger partial charge in [-0.2, -0.15) is 0 Å². The van der Waals surface area contributed by atoms with Gasteiger partial charge in [0.2, 0.25) is 0 Å². The highest BCUT2D eigenvalue weighted by Gasteiger charge is 2.15. The molecule has 5 heteroatoms. The van der Waals surface area contributed by atoms with Gasteiger partial charge in [0.1, 0.15) is 0 Å². The van der Waals surface area contributed by atoms with Crippen molar-refractivity contribution < 1.29 is 10.0 Å². The first-order chi connectivity index (χ1) is 5.15. The monoisotopic (exact) mass is 188 g/mol. The van der Waals surface area contributed by atoms with E-state index in [0.717, 1.165) is 9.77 Å². The third kappa shape index (κ3) is 1.99. The molecule has 0 spiro atoms. The van der Waals surface area contributed by atoms with Crippen molar-refractivity contribution in [1.29, 1.82) is 0 Å². The fourth-order valence-corrected chi connectivity index (χ4v) is 2.59. The Hall–Kier alpha value is 0.0349. The molecular weight excluding hydrogens is 179 g/mol. The first-order valence-corrected chi connectivity index (χ1v) is 5.19. The highest BCUT2D eigenvalue weighted by Crippen LogP contribution is 2.22. The van der Waals surface area contributed by atoms with Crippen LogP contribution in [0.3, 0.4) is 0 Å². The summed E-state index contributed by atoms with van der Waals surface area (Å²) in [7, 11) is -1.32. The molecule has 0 aromatic carbocycles. The Labute approximate surface area is 74.4 Å². The second-order valence-electron chi connectivity index (χ2n) is 2.15. The fraction of sp³-hybridized carbons (Fsp3) is 0.333. The molecule has 0 aliphatic heterocycles.